The molecule has 0 spiro atoms. The number of rotatable bonds is 3. The van der Waals surface area contributed by atoms with Gasteiger partial charge < -0.3 is 14.6 Å². The average Bonchev–Trinajstić information content (AvgIpc) is 3.10. The van der Waals surface area contributed by atoms with Crippen LogP contribution in [0.5, 0.6) is 0 Å². The molecule has 1 atom stereocenters. The van der Waals surface area contributed by atoms with Gasteiger partial charge in [0.05, 0.1) is 18.4 Å². The van der Waals surface area contributed by atoms with Crippen LogP contribution >= 0.6 is 0 Å². The molecule has 0 aliphatic carbocycles. The summed E-state index contributed by atoms with van der Waals surface area (Å²) in [4.78, 5) is 14.6. The average molecular weight is 322 g/mol. The zero-order chi connectivity index (χ0) is 16.5. The first kappa shape index (κ1) is 14.5. The van der Waals surface area contributed by atoms with Gasteiger partial charge in [-0.1, -0.05) is 24.3 Å². The van der Waals surface area contributed by atoms with Gasteiger partial charge in [-0.25, -0.2) is 4.39 Å². The van der Waals surface area contributed by atoms with Gasteiger partial charge in [0, 0.05) is 5.69 Å². The minimum Gasteiger partial charge on any atom is -0.467 e. The molecule has 4 rings (SSSR count). The largest absolute Gasteiger partial charge is 0.467 e. The first-order valence-corrected chi connectivity index (χ1v) is 7.67. The van der Waals surface area contributed by atoms with E-state index in [1.54, 1.807) is 35.4 Å². The van der Waals surface area contributed by atoms with E-state index >= 15 is 0 Å². The van der Waals surface area contributed by atoms with E-state index in [2.05, 4.69) is 5.32 Å². The molecule has 120 valence electrons. The van der Waals surface area contributed by atoms with Crippen LogP contribution in [0.4, 0.5) is 10.1 Å². The third-order valence-corrected chi connectivity index (χ3v) is 4.09. The monoisotopic (exact) mass is 322 g/mol. The fourth-order valence-corrected chi connectivity index (χ4v) is 2.97. The lowest BCUT2D eigenvalue weighted by Gasteiger charge is -2.37. The van der Waals surface area contributed by atoms with E-state index in [1.807, 2.05) is 24.3 Å². The number of furan rings is 1. The molecule has 1 amide bonds. The van der Waals surface area contributed by atoms with Gasteiger partial charge in [-0.05, 0) is 42.0 Å². The van der Waals surface area contributed by atoms with Crippen molar-refractivity contribution in [3.8, 4) is 0 Å². The summed E-state index contributed by atoms with van der Waals surface area (Å²) in [5, 5.41) is 3.33. The van der Waals surface area contributed by atoms with Gasteiger partial charge in [0.25, 0.3) is 5.91 Å². The number of carbonyl (C=O) groups is 1. The molecule has 0 fully saturated rings. The number of para-hydroxylation sites is 1. The zero-order valence-corrected chi connectivity index (χ0v) is 12.8. The first-order valence-electron chi connectivity index (χ1n) is 7.67. The maximum atomic E-state index is 13.7. The number of nitrogens with zero attached hydrogens (tertiary/aromatic N) is 1. The second-order valence-corrected chi connectivity index (χ2v) is 5.66. The number of amides is 1. The molecule has 4 nitrogen and oxygen atoms in total. The Morgan fingerprint density at radius 3 is 2.75 bits per heavy atom. The molecule has 0 saturated carbocycles. The zero-order valence-electron chi connectivity index (χ0n) is 12.8. The Balaban J connectivity index is 1.78. The Morgan fingerprint density at radius 1 is 1.08 bits per heavy atom. The lowest BCUT2D eigenvalue weighted by atomic mass is 10.0. The smallest absolute Gasteiger partial charge is 0.258 e. The third-order valence-electron chi connectivity index (χ3n) is 4.09. The number of benzene rings is 2. The summed E-state index contributed by atoms with van der Waals surface area (Å²) in [6.45, 7) is 0.300. The number of anilines is 1. The van der Waals surface area contributed by atoms with E-state index in [4.69, 9.17) is 4.42 Å². The molecule has 1 aromatic heterocycles. The summed E-state index contributed by atoms with van der Waals surface area (Å²) in [5.74, 6) is 0.222. The molecule has 0 saturated heterocycles. The number of nitrogens with one attached hydrogen (secondary N) is 1. The minimum absolute atomic E-state index is 0.116. The summed E-state index contributed by atoms with van der Waals surface area (Å²) in [6, 6.07) is 17.2. The van der Waals surface area contributed by atoms with Crippen molar-refractivity contribution < 1.29 is 13.6 Å². The number of halogens is 1. The summed E-state index contributed by atoms with van der Waals surface area (Å²) in [5.41, 5.74) is 2.02. The fraction of sp³-hybridized carbons (Fsp3) is 0.105. The van der Waals surface area contributed by atoms with Gasteiger partial charge in [-0.3, -0.25) is 4.79 Å². The van der Waals surface area contributed by atoms with E-state index in [0.717, 1.165) is 5.69 Å². The van der Waals surface area contributed by atoms with Gasteiger partial charge in [-0.2, -0.15) is 0 Å². The third kappa shape index (κ3) is 2.54. The number of hydrogen-bond donors (Lipinski definition) is 1. The van der Waals surface area contributed by atoms with Crippen molar-refractivity contribution in [2.24, 2.45) is 0 Å². The van der Waals surface area contributed by atoms with Crippen LogP contribution in [0, 0.1) is 5.82 Å². The Kier molecular flexibility index (Phi) is 3.54. The highest BCUT2D eigenvalue weighted by atomic mass is 19.1. The highest BCUT2D eigenvalue weighted by Crippen LogP contribution is 2.34. The predicted molar refractivity (Wildman–Crippen MR) is 87.8 cm³/mol. The molecule has 3 aromatic rings. The van der Waals surface area contributed by atoms with E-state index in [-0.39, 0.29) is 11.7 Å². The molecule has 1 aliphatic rings. The number of hydrogen-bond acceptors (Lipinski definition) is 3. The molecule has 5 heteroatoms. The highest BCUT2D eigenvalue weighted by molar-refractivity contribution is 6.01. The van der Waals surface area contributed by atoms with E-state index in [9.17, 15) is 9.18 Å². The Labute approximate surface area is 138 Å². The lowest BCUT2D eigenvalue weighted by Crippen LogP contribution is -2.42. The second-order valence-electron chi connectivity index (χ2n) is 5.66. The number of carbonyl (C=O) groups excluding carboxylic acids is 1. The lowest BCUT2D eigenvalue weighted by molar-refractivity contribution is 0.0651. The summed E-state index contributed by atoms with van der Waals surface area (Å²) in [6.07, 6.45) is 1.11. The Hall–Kier alpha value is -3.08. The minimum atomic E-state index is -0.465. The number of fused-ring (bicyclic) bond motifs is 1. The van der Waals surface area contributed by atoms with Gasteiger partial charge >= 0.3 is 0 Å². The summed E-state index contributed by atoms with van der Waals surface area (Å²) >= 11 is 0. The molecule has 24 heavy (non-hydrogen) atoms. The van der Waals surface area contributed by atoms with Crippen molar-refractivity contribution in [3.05, 3.63) is 89.6 Å². The van der Waals surface area contributed by atoms with Crippen molar-refractivity contribution in [3.63, 3.8) is 0 Å². The second kappa shape index (κ2) is 5.85. The van der Waals surface area contributed by atoms with Crippen LogP contribution in [0.15, 0.2) is 71.3 Å². The molecule has 2 aromatic carbocycles. The highest BCUT2D eigenvalue weighted by Gasteiger charge is 2.33. The van der Waals surface area contributed by atoms with Crippen LogP contribution in [0.25, 0.3) is 0 Å². The first-order chi connectivity index (χ1) is 11.7. The van der Waals surface area contributed by atoms with Crippen molar-refractivity contribution in [1.29, 1.82) is 0 Å². The van der Waals surface area contributed by atoms with Crippen molar-refractivity contribution in [2.75, 3.05) is 5.32 Å². The van der Waals surface area contributed by atoms with Crippen molar-refractivity contribution >= 4 is 11.6 Å². The van der Waals surface area contributed by atoms with Crippen LogP contribution in [0.2, 0.25) is 0 Å². The molecule has 0 radical (unpaired) electrons. The fourth-order valence-electron chi connectivity index (χ4n) is 2.97. The van der Waals surface area contributed by atoms with E-state index in [0.29, 0.717) is 23.4 Å². The Bertz CT molecular complexity index is 877. The SMILES string of the molecule is O=C1c2ccccc2N[C@@H](c2cccc(F)c2)N1Cc1ccco1. The van der Waals surface area contributed by atoms with E-state index in [1.165, 1.54) is 12.1 Å². The maximum Gasteiger partial charge on any atom is 0.258 e. The van der Waals surface area contributed by atoms with Crippen molar-refractivity contribution in [2.45, 2.75) is 12.7 Å². The molecular formula is C19H15FN2O2. The van der Waals surface area contributed by atoms with Gasteiger partial charge in [0.15, 0.2) is 0 Å². The molecular weight excluding hydrogens is 307 g/mol. The topological polar surface area (TPSA) is 45.5 Å². The van der Waals surface area contributed by atoms with E-state index < -0.39 is 6.17 Å². The Morgan fingerprint density at radius 2 is 1.96 bits per heavy atom. The normalized spacial score (nSPS) is 16.6. The quantitative estimate of drug-likeness (QED) is 0.786. The standard InChI is InChI=1S/C19H15FN2O2/c20-14-6-3-5-13(11-14)18-21-17-9-2-1-8-16(17)19(23)22(18)12-15-7-4-10-24-15/h1-11,18,21H,12H2/t18-/m1/s1. The summed E-state index contributed by atoms with van der Waals surface area (Å²) in [7, 11) is 0. The van der Waals surface area contributed by atoms with Crippen LogP contribution < -0.4 is 5.32 Å². The van der Waals surface area contributed by atoms with Gasteiger partial charge in [0.1, 0.15) is 17.7 Å². The maximum absolute atomic E-state index is 13.7. The molecule has 2 heterocycles. The van der Waals surface area contributed by atoms with Crippen LogP contribution in [0.1, 0.15) is 27.8 Å². The molecule has 1 aliphatic heterocycles. The predicted octanol–water partition coefficient (Wildman–Crippen LogP) is 4.19. The molecule has 0 unspecified atom stereocenters. The van der Waals surface area contributed by atoms with Crippen LogP contribution in [0.3, 0.4) is 0 Å². The van der Waals surface area contributed by atoms with Crippen LogP contribution in [-0.2, 0) is 6.54 Å². The van der Waals surface area contributed by atoms with Gasteiger partial charge in [-0.15, -0.1) is 0 Å². The molecule has 1 N–H and O–H groups in total. The van der Waals surface area contributed by atoms with Gasteiger partial charge in [0.2, 0.25) is 0 Å². The van der Waals surface area contributed by atoms with Crippen molar-refractivity contribution in [1.82, 2.24) is 4.90 Å². The van der Waals surface area contributed by atoms with Crippen LogP contribution in [-0.4, -0.2) is 10.8 Å². The summed E-state index contributed by atoms with van der Waals surface area (Å²) < 4.78 is 19.1. The molecule has 0 bridgehead atoms.